The second-order valence-electron chi connectivity index (χ2n) is 10.5. The number of nitrogens with one attached hydrogen (secondary N) is 2. The van der Waals surface area contributed by atoms with Crippen molar-refractivity contribution >= 4 is 64.2 Å². The number of furan rings is 1. The molecule has 2 N–H and O–H groups in total. The number of thiazole rings is 1. The van der Waals surface area contributed by atoms with Gasteiger partial charge < -0.3 is 9.73 Å². The fraction of sp³-hybridized carbons (Fsp3) is 0.267. The molecular weight excluding hydrogens is 628 g/mol. The van der Waals surface area contributed by atoms with Crippen molar-refractivity contribution < 1.29 is 30.4 Å². The van der Waals surface area contributed by atoms with Crippen LogP contribution in [0.15, 0.2) is 69.4 Å². The fourth-order valence-electron chi connectivity index (χ4n) is 5.54. The maximum Gasteiger partial charge on any atom is 0.255 e. The molecule has 44 heavy (non-hydrogen) atoms. The molecule has 0 bridgehead atoms. The van der Waals surface area contributed by atoms with Gasteiger partial charge in [0.2, 0.25) is 20.0 Å². The summed E-state index contributed by atoms with van der Waals surface area (Å²) in [4.78, 5) is 17.6. The number of carbonyl (C=O) groups is 1. The molecule has 10 nitrogen and oxygen atoms in total. The number of amides is 1. The molecule has 3 heterocycles. The molecule has 0 radical (unpaired) electrons. The number of hydrogen-bond acceptors (Lipinski definition) is 8. The molecule has 1 atom stereocenters. The number of aromatic nitrogens is 1. The Bertz CT molecular complexity index is 2110. The fourth-order valence-corrected chi connectivity index (χ4v) is 8.54. The number of benzene rings is 3. The average molecular weight is 657 g/mol. The van der Waals surface area contributed by atoms with E-state index in [0.717, 1.165) is 10.2 Å². The highest BCUT2D eigenvalue weighted by molar-refractivity contribution is 7.92. The number of sulfonamides is 2. The Labute approximate surface area is 258 Å². The van der Waals surface area contributed by atoms with Gasteiger partial charge in [-0.25, -0.2) is 26.2 Å². The Hall–Kier alpha value is -3.85. The van der Waals surface area contributed by atoms with Crippen molar-refractivity contribution in [2.24, 2.45) is 0 Å². The summed E-state index contributed by atoms with van der Waals surface area (Å²) >= 11 is 1.36. The highest BCUT2D eigenvalue weighted by Gasteiger charge is 2.34. The van der Waals surface area contributed by atoms with Gasteiger partial charge in [-0.3, -0.25) is 9.52 Å². The maximum atomic E-state index is 13.8. The molecule has 1 aliphatic heterocycles. The zero-order chi connectivity index (χ0) is 31.2. The number of piperidine rings is 1. The lowest BCUT2D eigenvalue weighted by Crippen LogP contribution is -2.39. The van der Waals surface area contributed by atoms with Gasteiger partial charge in [-0.05, 0) is 79.8 Å². The van der Waals surface area contributed by atoms with Crippen molar-refractivity contribution in [3.63, 3.8) is 0 Å². The van der Waals surface area contributed by atoms with Gasteiger partial charge in [0.05, 0.1) is 37.6 Å². The van der Waals surface area contributed by atoms with Crippen molar-refractivity contribution in [3.05, 3.63) is 77.1 Å². The molecule has 6 rings (SSSR count). The minimum absolute atomic E-state index is 0.105. The summed E-state index contributed by atoms with van der Waals surface area (Å²) in [6.07, 6.45) is 1.13. The first-order chi connectivity index (χ1) is 21.0. The summed E-state index contributed by atoms with van der Waals surface area (Å²) in [7, 11) is -6.12. The monoisotopic (exact) mass is 656 g/mol. The SMILES string of the molecule is CCS(=O)(=O)Nc1cc2oc(-c3ccc(F)cc3)c(C(=O)NC)c2cc1[C@H]1CCCN(S(=O)(=O)c2ccc3ncsc3c2)C1. The summed E-state index contributed by atoms with van der Waals surface area (Å²) in [5, 5.41) is 3.05. The molecule has 1 aliphatic rings. The normalized spacial score (nSPS) is 16.4. The van der Waals surface area contributed by atoms with E-state index in [1.807, 2.05) is 0 Å². The summed E-state index contributed by atoms with van der Waals surface area (Å²) in [6, 6.07) is 13.6. The number of hydrogen-bond donors (Lipinski definition) is 2. The van der Waals surface area contributed by atoms with Gasteiger partial charge in [0.25, 0.3) is 5.91 Å². The van der Waals surface area contributed by atoms with Crippen molar-refractivity contribution in [1.29, 1.82) is 0 Å². The standard InChI is InChI=1S/C30H29FN4O6S3/c1-3-43(37,38)34-25-15-26-23(28(30(36)32-2)29(41-26)18-6-8-20(31)9-7-18)14-22(25)19-5-4-12-35(16-19)44(39,40)21-10-11-24-27(13-21)42-17-33-24/h6-11,13-15,17,19,34H,3-5,12,16H2,1-2H3,(H,32,36)/t19-/m0/s1. The van der Waals surface area contributed by atoms with Crippen molar-refractivity contribution in [2.45, 2.75) is 30.6 Å². The quantitative estimate of drug-likeness (QED) is 0.224. The van der Waals surface area contributed by atoms with Crippen LogP contribution in [-0.4, -0.2) is 57.9 Å². The number of anilines is 1. The summed E-state index contributed by atoms with van der Waals surface area (Å²) < 4.78 is 77.7. The third-order valence-corrected chi connectivity index (χ3v) is 11.8. The van der Waals surface area contributed by atoms with Gasteiger partial charge in [0.15, 0.2) is 0 Å². The second-order valence-corrected chi connectivity index (χ2v) is 15.4. The minimum atomic E-state index is -3.87. The first-order valence-corrected chi connectivity index (χ1v) is 17.9. The molecule has 230 valence electrons. The topological polar surface area (TPSA) is 139 Å². The van der Waals surface area contributed by atoms with E-state index in [1.54, 1.807) is 29.8 Å². The summed E-state index contributed by atoms with van der Waals surface area (Å²) in [5.41, 5.74) is 4.10. The lowest BCUT2D eigenvalue weighted by molar-refractivity contribution is 0.0964. The number of halogens is 1. The van der Waals surface area contributed by atoms with E-state index in [-0.39, 0.29) is 39.8 Å². The van der Waals surface area contributed by atoms with E-state index in [1.165, 1.54) is 59.9 Å². The van der Waals surface area contributed by atoms with Gasteiger partial charge in [0.1, 0.15) is 17.2 Å². The van der Waals surface area contributed by atoms with Gasteiger partial charge in [-0.15, -0.1) is 11.3 Å². The van der Waals surface area contributed by atoms with Crippen molar-refractivity contribution in [1.82, 2.24) is 14.6 Å². The van der Waals surface area contributed by atoms with Crippen LogP contribution in [-0.2, 0) is 20.0 Å². The Morgan fingerprint density at radius 3 is 2.61 bits per heavy atom. The van der Waals surface area contributed by atoms with Gasteiger partial charge in [0, 0.05) is 37.2 Å². The Morgan fingerprint density at radius 2 is 1.89 bits per heavy atom. The molecule has 3 aromatic carbocycles. The zero-order valence-corrected chi connectivity index (χ0v) is 26.3. The highest BCUT2D eigenvalue weighted by Crippen LogP contribution is 2.41. The largest absolute Gasteiger partial charge is 0.455 e. The molecule has 0 aliphatic carbocycles. The first-order valence-electron chi connectivity index (χ1n) is 13.9. The van der Waals surface area contributed by atoms with E-state index in [2.05, 4.69) is 15.0 Å². The van der Waals surface area contributed by atoms with Crippen LogP contribution in [0.3, 0.4) is 0 Å². The van der Waals surface area contributed by atoms with Gasteiger partial charge >= 0.3 is 0 Å². The van der Waals surface area contributed by atoms with Crippen LogP contribution in [0.5, 0.6) is 0 Å². The minimum Gasteiger partial charge on any atom is -0.455 e. The molecule has 0 unspecified atom stereocenters. The summed E-state index contributed by atoms with van der Waals surface area (Å²) in [6.45, 7) is 1.92. The van der Waals surface area contributed by atoms with Crippen LogP contribution < -0.4 is 10.0 Å². The predicted octanol–water partition coefficient (Wildman–Crippen LogP) is 5.54. The summed E-state index contributed by atoms with van der Waals surface area (Å²) in [5.74, 6) is -1.27. The van der Waals surface area contributed by atoms with E-state index >= 15 is 0 Å². The Morgan fingerprint density at radius 1 is 1.11 bits per heavy atom. The van der Waals surface area contributed by atoms with Crippen LogP contribution >= 0.6 is 11.3 Å². The predicted molar refractivity (Wildman–Crippen MR) is 168 cm³/mol. The van der Waals surface area contributed by atoms with E-state index < -0.39 is 37.7 Å². The second kappa shape index (κ2) is 11.6. The van der Waals surface area contributed by atoms with Crippen LogP contribution in [0, 0.1) is 5.82 Å². The molecule has 1 amide bonds. The molecule has 1 fully saturated rings. The van der Waals surface area contributed by atoms with E-state index in [0.29, 0.717) is 35.9 Å². The third kappa shape index (κ3) is 5.58. The number of nitrogens with zero attached hydrogens (tertiary/aromatic N) is 2. The van der Waals surface area contributed by atoms with Crippen LogP contribution in [0.25, 0.3) is 32.5 Å². The molecule has 0 saturated carbocycles. The highest BCUT2D eigenvalue weighted by atomic mass is 32.2. The molecule has 0 spiro atoms. The molecule has 14 heteroatoms. The Kier molecular flexibility index (Phi) is 7.94. The average Bonchev–Trinajstić information content (AvgIpc) is 3.64. The zero-order valence-electron chi connectivity index (χ0n) is 23.8. The smallest absolute Gasteiger partial charge is 0.255 e. The third-order valence-electron chi connectivity index (χ3n) is 7.83. The number of rotatable bonds is 8. The molecule has 1 saturated heterocycles. The van der Waals surface area contributed by atoms with Crippen molar-refractivity contribution in [3.8, 4) is 11.3 Å². The lowest BCUT2D eigenvalue weighted by atomic mass is 9.89. The van der Waals surface area contributed by atoms with Gasteiger partial charge in [-0.2, -0.15) is 4.31 Å². The molecule has 5 aromatic rings. The number of fused-ring (bicyclic) bond motifs is 2. The van der Waals surface area contributed by atoms with E-state index in [4.69, 9.17) is 4.42 Å². The van der Waals surface area contributed by atoms with Crippen LogP contribution in [0.4, 0.5) is 10.1 Å². The van der Waals surface area contributed by atoms with Crippen molar-refractivity contribution in [2.75, 3.05) is 30.6 Å². The number of carbonyl (C=O) groups excluding carboxylic acids is 1. The lowest BCUT2D eigenvalue weighted by Gasteiger charge is -2.33. The molecule has 2 aromatic heterocycles. The first kappa shape index (κ1) is 30.2. The maximum absolute atomic E-state index is 13.8. The molecular formula is C30H29FN4O6S3. The van der Waals surface area contributed by atoms with Crippen LogP contribution in [0.1, 0.15) is 41.6 Å². The van der Waals surface area contributed by atoms with Crippen LogP contribution in [0.2, 0.25) is 0 Å². The van der Waals surface area contributed by atoms with Gasteiger partial charge in [-0.1, -0.05) is 0 Å². The van der Waals surface area contributed by atoms with E-state index in [9.17, 15) is 26.0 Å². The Balaban J connectivity index is 1.47.